The molecule has 1 aliphatic carbocycles. The van der Waals surface area contributed by atoms with Gasteiger partial charge in [-0.3, -0.25) is 19.7 Å². The van der Waals surface area contributed by atoms with Gasteiger partial charge < -0.3 is 4.74 Å². The van der Waals surface area contributed by atoms with E-state index in [1.165, 1.54) is 17.0 Å². The molecule has 0 saturated heterocycles. The van der Waals surface area contributed by atoms with Crippen molar-refractivity contribution in [2.75, 3.05) is 0 Å². The third kappa shape index (κ3) is 4.78. The SMILES string of the molecule is CC(=O)Oc1c(C=Nn2c(C3CCCCC3)nc3ccccc3c2=O)cc(Cl)cc1[N+](=O)[O-]. The predicted molar refractivity (Wildman–Crippen MR) is 124 cm³/mol. The molecule has 0 aliphatic heterocycles. The molecule has 0 unspecified atom stereocenters. The monoisotopic (exact) mass is 468 g/mol. The van der Waals surface area contributed by atoms with E-state index in [9.17, 15) is 19.7 Å². The minimum absolute atomic E-state index is 0.0647. The van der Waals surface area contributed by atoms with Crippen LogP contribution in [0.1, 0.15) is 56.3 Å². The molecule has 1 heterocycles. The lowest BCUT2D eigenvalue weighted by Gasteiger charge is -2.22. The predicted octanol–water partition coefficient (Wildman–Crippen LogP) is 4.81. The quantitative estimate of drug-likeness (QED) is 0.174. The van der Waals surface area contributed by atoms with E-state index in [2.05, 4.69) is 5.10 Å². The molecular weight excluding hydrogens is 448 g/mol. The number of carbonyl (C=O) groups is 1. The molecule has 170 valence electrons. The summed E-state index contributed by atoms with van der Waals surface area (Å²) in [7, 11) is 0. The molecule has 3 aromatic rings. The minimum Gasteiger partial charge on any atom is -0.419 e. The summed E-state index contributed by atoms with van der Waals surface area (Å²) in [5, 5.41) is 16.3. The van der Waals surface area contributed by atoms with Crippen LogP contribution >= 0.6 is 11.6 Å². The number of esters is 1. The van der Waals surface area contributed by atoms with Crippen LogP contribution in [0.5, 0.6) is 5.75 Å². The second-order valence-corrected chi connectivity index (χ2v) is 8.31. The summed E-state index contributed by atoms with van der Waals surface area (Å²) in [6.07, 6.45) is 6.22. The first-order valence-electron chi connectivity index (χ1n) is 10.6. The van der Waals surface area contributed by atoms with E-state index in [4.69, 9.17) is 21.3 Å². The summed E-state index contributed by atoms with van der Waals surface area (Å²) in [4.78, 5) is 40.4. The first-order valence-corrected chi connectivity index (χ1v) is 11.0. The van der Waals surface area contributed by atoms with Gasteiger partial charge >= 0.3 is 11.7 Å². The highest BCUT2D eigenvalue weighted by Crippen LogP contribution is 2.34. The molecule has 10 heteroatoms. The Morgan fingerprint density at radius 2 is 2.00 bits per heavy atom. The third-order valence-electron chi connectivity index (χ3n) is 5.57. The smallest absolute Gasteiger partial charge is 0.313 e. The van der Waals surface area contributed by atoms with Gasteiger partial charge in [0.05, 0.1) is 22.0 Å². The van der Waals surface area contributed by atoms with E-state index in [1.807, 2.05) is 6.07 Å². The highest BCUT2D eigenvalue weighted by molar-refractivity contribution is 6.31. The molecule has 0 amide bonds. The molecule has 9 nitrogen and oxygen atoms in total. The lowest BCUT2D eigenvalue weighted by molar-refractivity contribution is -0.385. The average Bonchev–Trinajstić information content (AvgIpc) is 2.79. The Morgan fingerprint density at radius 3 is 2.70 bits per heavy atom. The zero-order valence-electron chi connectivity index (χ0n) is 17.9. The summed E-state index contributed by atoms with van der Waals surface area (Å²) >= 11 is 6.06. The van der Waals surface area contributed by atoms with E-state index in [-0.39, 0.29) is 27.8 Å². The number of nitrogens with zero attached hydrogens (tertiary/aromatic N) is 4. The number of hydrogen-bond acceptors (Lipinski definition) is 7. The Labute approximate surface area is 193 Å². The van der Waals surface area contributed by atoms with Gasteiger partial charge in [0.2, 0.25) is 5.75 Å². The molecule has 0 atom stereocenters. The second kappa shape index (κ2) is 9.50. The van der Waals surface area contributed by atoms with Crippen LogP contribution < -0.4 is 10.3 Å². The van der Waals surface area contributed by atoms with Crippen LogP contribution in [-0.4, -0.2) is 26.8 Å². The lowest BCUT2D eigenvalue weighted by atomic mass is 9.88. The highest BCUT2D eigenvalue weighted by Gasteiger charge is 2.24. The van der Waals surface area contributed by atoms with Crippen LogP contribution in [0.15, 0.2) is 46.3 Å². The maximum absolute atomic E-state index is 13.3. The zero-order valence-corrected chi connectivity index (χ0v) is 18.6. The van der Waals surface area contributed by atoms with Crippen LogP contribution in [-0.2, 0) is 4.79 Å². The molecule has 33 heavy (non-hydrogen) atoms. The van der Waals surface area contributed by atoms with Gasteiger partial charge in [0.25, 0.3) is 5.56 Å². The maximum Gasteiger partial charge on any atom is 0.313 e. The first-order chi connectivity index (χ1) is 15.8. The topological polar surface area (TPSA) is 117 Å². The van der Waals surface area contributed by atoms with Gasteiger partial charge in [-0.05, 0) is 31.0 Å². The van der Waals surface area contributed by atoms with E-state index in [1.54, 1.807) is 18.2 Å². The number of nitro groups is 1. The number of hydrogen-bond donors (Lipinski definition) is 0. The zero-order chi connectivity index (χ0) is 23.5. The summed E-state index contributed by atoms with van der Waals surface area (Å²) in [6.45, 7) is 1.14. The fourth-order valence-corrected chi connectivity index (χ4v) is 4.30. The lowest BCUT2D eigenvalue weighted by Crippen LogP contribution is -2.25. The normalized spacial score (nSPS) is 14.6. The van der Waals surface area contributed by atoms with Gasteiger partial charge in [-0.25, -0.2) is 4.98 Å². The van der Waals surface area contributed by atoms with Crippen molar-refractivity contribution in [3.05, 3.63) is 73.3 Å². The van der Waals surface area contributed by atoms with Crippen LogP contribution in [0.4, 0.5) is 5.69 Å². The number of para-hydroxylation sites is 1. The molecule has 0 spiro atoms. The van der Waals surface area contributed by atoms with Crippen molar-refractivity contribution in [2.24, 2.45) is 5.10 Å². The third-order valence-corrected chi connectivity index (χ3v) is 5.78. The molecule has 1 aliphatic rings. The van der Waals surface area contributed by atoms with Gasteiger partial charge in [0.15, 0.2) is 0 Å². The average molecular weight is 469 g/mol. The maximum atomic E-state index is 13.3. The van der Waals surface area contributed by atoms with Crippen molar-refractivity contribution < 1.29 is 14.5 Å². The van der Waals surface area contributed by atoms with Crippen molar-refractivity contribution >= 4 is 40.4 Å². The van der Waals surface area contributed by atoms with Gasteiger partial charge in [-0.15, -0.1) is 0 Å². The van der Waals surface area contributed by atoms with Crippen molar-refractivity contribution in [1.29, 1.82) is 0 Å². The van der Waals surface area contributed by atoms with Crippen LogP contribution in [0.25, 0.3) is 10.9 Å². The van der Waals surface area contributed by atoms with Gasteiger partial charge in [0, 0.05) is 29.5 Å². The van der Waals surface area contributed by atoms with Crippen LogP contribution in [0.3, 0.4) is 0 Å². The molecule has 0 N–H and O–H groups in total. The molecule has 1 fully saturated rings. The Hall–Kier alpha value is -3.59. The van der Waals surface area contributed by atoms with Gasteiger partial charge in [0.1, 0.15) is 5.82 Å². The molecule has 1 aromatic heterocycles. The van der Waals surface area contributed by atoms with E-state index in [0.29, 0.717) is 16.7 Å². The first kappa shape index (κ1) is 22.6. The number of halogens is 1. The number of carbonyl (C=O) groups excluding carboxylic acids is 1. The van der Waals surface area contributed by atoms with Crippen molar-refractivity contribution in [2.45, 2.75) is 44.9 Å². The Balaban J connectivity index is 1.89. The van der Waals surface area contributed by atoms with Crippen LogP contribution in [0.2, 0.25) is 5.02 Å². The van der Waals surface area contributed by atoms with Crippen molar-refractivity contribution in [1.82, 2.24) is 9.66 Å². The van der Waals surface area contributed by atoms with E-state index < -0.39 is 16.6 Å². The van der Waals surface area contributed by atoms with E-state index >= 15 is 0 Å². The molecule has 2 aromatic carbocycles. The fourth-order valence-electron chi connectivity index (χ4n) is 4.08. The van der Waals surface area contributed by atoms with Crippen molar-refractivity contribution in [3.8, 4) is 5.75 Å². The molecule has 1 saturated carbocycles. The Morgan fingerprint density at radius 1 is 1.27 bits per heavy atom. The summed E-state index contributed by atoms with van der Waals surface area (Å²) in [5.74, 6) is -0.417. The Bertz CT molecular complexity index is 1330. The standard InChI is InChI=1S/C23H21ClN4O5/c1-14(29)33-21-16(11-17(24)12-20(21)28(31)32)13-25-27-22(15-7-3-2-4-8-15)26-19-10-6-5-9-18(19)23(27)30/h5-6,9-13,15H,2-4,7-8H2,1H3. The number of fused-ring (bicyclic) bond motifs is 1. The molecular formula is C23H21ClN4O5. The number of aromatic nitrogens is 2. The van der Waals surface area contributed by atoms with E-state index in [0.717, 1.165) is 45.1 Å². The number of benzene rings is 2. The molecule has 0 radical (unpaired) electrons. The Kier molecular flexibility index (Phi) is 6.50. The van der Waals surface area contributed by atoms with Gasteiger partial charge in [-0.2, -0.15) is 9.78 Å². The summed E-state index contributed by atoms with van der Waals surface area (Å²) in [6, 6.07) is 9.51. The van der Waals surface area contributed by atoms with Crippen LogP contribution in [0, 0.1) is 10.1 Å². The molecule has 4 rings (SSSR count). The largest absolute Gasteiger partial charge is 0.419 e. The number of ether oxygens (including phenoxy) is 1. The summed E-state index contributed by atoms with van der Waals surface area (Å²) in [5.41, 5.74) is -0.133. The minimum atomic E-state index is -0.734. The fraction of sp³-hybridized carbons (Fsp3) is 0.304. The van der Waals surface area contributed by atoms with Crippen molar-refractivity contribution in [3.63, 3.8) is 0 Å². The number of nitro benzene ring substituents is 1. The van der Waals surface area contributed by atoms with Gasteiger partial charge in [-0.1, -0.05) is 43.0 Å². The summed E-state index contributed by atoms with van der Waals surface area (Å²) < 4.78 is 6.33. The number of rotatable bonds is 5. The second-order valence-electron chi connectivity index (χ2n) is 7.88. The highest BCUT2D eigenvalue weighted by atomic mass is 35.5. The molecule has 0 bridgehead atoms.